The van der Waals surface area contributed by atoms with E-state index in [4.69, 9.17) is 9.47 Å². The van der Waals surface area contributed by atoms with Crippen molar-refractivity contribution < 1.29 is 19.1 Å². The molecule has 0 aliphatic carbocycles. The minimum absolute atomic E-state index is 0.0729. The standard InChI is InChI=1S/C44H88N2O4/c1-3-5-7-9-11-13-15-17-19-20-22-24-26-28-30-35-43(47)36-31-33-39-49-41-42-50-40-34-38-46-44(48)45-37-32-29-27-25-23-21-18-16-14-12-10-8-6-4-2/h3-42H2,1-2H3,(H2,45,46,48). The average Bonchev–Trinajstić information content (AvgIpc) is 3.12. The molecule has 2 N–H and O–H groups in total. The summed E-state index contributed by atoms with van der Waals surface area (Å²) in [6.07, 6.45) is 43.3. The lowest BCUT2D eigenvalue weighted by Crippen LogP contribution is -2.36. The zero-order valence-corrected chi connectivity index (χ0v) is 33.9. The molecular formula is C44H88N2O4. The van der Waals surface area contributed by atoms with Crippen LogP contribution in [0.2, 0.25) is 0 Å². The van der Waals surface area contributed by atoms with Crippen LogP contribution in [0.25, 0.3) is 0 Å². The van der Waals surface area contributed by atoms with Crippen molar-refractivity contribution in [2.75, 3.05) is 39.5 Å². The Morgan fingerprint density at radius 3 is 1.04 bits per heavy atom. The van der Waals surface area contributed by atoms with Gasteiger partial charge in [0, 0.05) is 39.1 Å². The second-order valence-electron chi connectivity index (χ2n) is 15.1. The summed E-state index contributed by atoms with van der Waals surface area (Å²) in [6, 6.07) is -0.0729. The van der Waals surface area contributed by atoms with Gasteiger partial charge >= 0.3 is 6.03 Å². The lowest BCUT2D eigenvalue weighted by atomic mass is 10.0. The van der Waals surface area contributed by atoms with E-state index in [9.17, 15) is 9.59 Å². The van der Waals surface area contributed by atoms with E-state index in [1.807, 2.05) is 0 Å². The first kappa shape index (κ1) is 48.9. The molecule has 0 atom stereocenters. The molecule has 0 saturated carbocycles. The topological polar surface area (TPSA) is 76.7 Å². The predicted molar refractivity (Wildman–Crippen MR) is 216 cm³/mol. The molecule has 6 nitrogen and oxygen atoms in total. The van der Waals surface area contributed by atoms with Gasteiger partial charge in [0.2, 0.25) is 0 Å². The van der Waals surface area contributed by atoms with Gasteiger partial charge in [0.15, 0.2) is 0 Å². The van der Waals surface area contributed by atoms with Gasteiger partial charge in [-0.15, -0.1) is 0 Å². The van der Waals surface area contributed by atoms with Crippen LogP contribution >= 0.6 is 0 Å². The number of Topliss-reactive ketones (excluding diaryl/α,β-unsaturated/α-hetero) is 1. The van der Waals surface area contributed by atoms with E-state index >= 15 is 0 Å². The summed E-state index contributed by atoms with van der Waals surface area (Å²) in [5.74, 6) is 0.417. The van der Waals surface area contributed by atoms with Gasteiger partial charge in [-0.05, 0) is 32.1 Å². The highest BCUT2D eigenvalue weighted by Crippen LogP contribution is 2.15. The summed E-state index contributed by atoms with van der Waals surface area (Å²) in [4.78, 5) is 24.1. The highest BCUT2D eigenvalue weighted by Gasteiger charge is 2.03. The second kappa shape index (κ2) is 44.0. The maximum absolute atomic E-state index is 12.2. The predicted octanol–water partition coefficient (Wildman–Crippen LogP) is 13.2. The number of ketones is 1. The maximum atomic E-state index is 12.2. The van der Waals surface area contributed by atoms with Crippen LogP contribution in [-0.2, 0) is 14.3 Å². The van der Waals surface area contributed by atoms with Gasteiger partial charge in [-0.25, -0.2) is 4.79 Å². The van der Waals surface area contributed by atoms with Crippen molar-refractivity contribution >= 4 is 11.8 Å². The largest absolute Gasteiger partial charge is 0.379 e. The molecule has 0 aliphatic heterocycles. The lowest BCUT2D eigenvalue weighted by Gasteiger charge is -2.08. The Bertz CT molecular complexity index is 618. The molecule has 6 heteroatoms. The van der Waals surface area contributed by atoms with Crippen molar-refractivity contribution in [3.63, 3.8) is 0 Å². The van der Waals surface area contributed by atoms with Gasteiger partial charge < -0.3 is 20.1 Å². The van der Waals surface area contributed by atoms with Gasteiger partial charge in [-0.1, -0.05) is 187 Å². The fraction of sp³-hybridized carbons (Fsp3) is 0.955. The van der Waals surface area contributed by atoms with E-state index in [-0.39, 0.29) is 6.03 Å². The number of hydrogen-bond donors (Lipinski definition) is 2. The number of urea groups is 1. The maximum Gasteiger partial charge on any atom is 0.314 e. The van der Waals surface area contributed by atoms with E-state index in [2.05, 4.69) is 24.5 Å². The highest BCUT2D eigenvalue weighted by atomic mass is 16.5. The summed E-state index contributed by atoms with van der Waals surface area (Å²) in [6.45, 7) is 8.41. The first-order valence-electron chi connectivity index (χ1n) is 22.4. The van der Waals surface area contributed by atoms with Crippen molar-refractivity contribution in [2.45, 2.75) is 232 Å². The number of hydrogen-bond acceptors (Lipinski definition) is 4. The van der Waals surface area contributed by atoms with Gasteiger partial charge in [-0.2, -0.15) is 0 Å². The third kappa shape index (κ3) is 43.0. The van der Waals surface area contributed by atoms with Crippen molar-refractivity contribution in [3.05, 3.63) is 0 Å². The van der Waals surface area contributed by atoms with E-state index in [1.54, 1.807) is 0 Å². The second-order valence-corrected chi connectivity index (χ2v) is 15.1. The van der Waals surface area contributed by atoms with Crippen LogP contribution in [0.1, 0.15) is 232 Å². The molecule has 0 spiro atoms. The number of ether oxygens (including phenoxy) is 2. The minimum atomic E-state index is -0.0729. The number of amides is 2. The summed E-state index contributed by atoms with van der Waals surface area (Å²) in [5.41, 5.74) is 0. The SMILES string of the molecule is CCCCCCCCCCCCCCCCCC(=O)CCCCOCCOCCCNC(=O)NCCCCCCCCCCCCCCCC. The van der Waals surface area contributed by atoms with Crippen molar-refractivity contribution in [1.29, 1.82) is 0 Å². The molecule has 0 radical (unpaired) electrons. The van der Waals surface area contributed by atoms with Crippen molar-refractivity contribution in [2.24, 2.45) is 0 Å². The first-order chi connectivity index (χ1) is 24.7. The van der Waals surface area contributed by atoms with Crippen LogP contribution < -0.4 is 10.6 Å². The van der Waals surface area contributed by atoms with Gasteiger partial charge in [0.1, 0.15) is 5.78 Å². The molecule has 0 aromatic rings. The monoisotopic (exact) mass is 709 g/mol. The van der Waals surface area contributed by atoms with Crippen LogP contribution in [0, 0.1) is 0 Å². The van der Waals surface area contributed by atoms with Gasteiger partial charge in [-0.3, -0.25) is 4.79 Å². The summed E-state index contributed by atoms with van der Waals surface area (Å²) >= 11 is 0. The molecular weight excluding hydrogens is 620 g/mol. The lowest BCUT2D eigenvalue weighted by molar-refractivity contribution is -0.119. The number of nitrogens with one attached hydrogen (secondary N) is 2. The summed E-state index contributed by atoms with van der Waals surface area (Å²) in [7, 11) is 0. The van der Waals surface area contributed by atoms with Crippen LogP contribution in [0.15, 0.2) is 0 Å². The Balaban J connectivity index is 3.22. The molecule has 0 unspecified atom stereocenters. The Kier molecular flexibility index (Phi) is 43.0. The molecule has 0 aliphatic rings. The number of carbonyl (C=O) groups is 2. The number of rotatable bonds is 43. The zero-order valence-electron chi connectivity index (χ0n) is 33.9. The normalized spacial score (nSPS) is 11.3. The van der Waals surface area contributed by atoms with Gasteiger partial charge in [0.25, 0.3) is 0 Å². The van der Waals surface area contributed by atoms with E-state index in [0.29, 0.717) is 45.2 Å². The number of unbranched alkanes of at least 4 members (excludes halogenated alkanes) is 28. The summed E-state index contributed by atoms with van der Waals surface area (Å²) < 4.78 is 11.3. The first-order valence-corrected chi connectivity index (χ1v) is 22.4. The molecule has 298 valence electrons. The van der Waals surface area contributed by atoms with Crippen molar-refractivity contribution in [3.8, 4) is 0 Å². The number of carbonyl (C=O) groups excluding carboxylic acids is 2. The Morgan fingerprint density at radius 1 is 0.340 bits per heavy atom. The fourth-order valence-electron chi connectivity index (χ4n) is 6.63. The quantitative estimate of drug-likeness (QED) is 0.0618. The summed E-state index contributed by atoms with van der Waals surface area (Å²) in [5, 5.41) is 5.88. The fourth-order valence-corrected chi connectivity index (χ4v) is 6.63. The molecule has 0 heterocycles. The third-order valence-electron chi connectivity index (χ3n) is 9.99. The van der Waals surface area contributed by atoms with Crippen LogP contribution in [0.3, 0.4) is 0 Å². The minimum Gasteiger partial charge on any atom is -0.379 e. The average molecular weight is 709 g/mol. The van der Waals surface area contributed by atoms with Crippen LogP contribution in [-0.4, -0.2) is 51.3 Å². The molecule has 0 bridgehead atoms. The Hall–Kier alpha value is -1.14. The Labute approximate surface area is 312 Å². The molecule has 2 amide bonds. The molecule has 0 fully saturated rings. The van der Waals surface area contributed by atoms with Gasteiger partial charge in [0.05, 0.1) is 13.2 Å². The smallest absolute Gasteiger partial charge is 0.314 e. The van der Waals surface area contributed by atoms with E-state index < -0.39 is 0 Å². The molecule has 50 heavy (non-hydrogen) atoms. The third-order valence-corrected chi connectivity index (χ3v) is 9.99. The van der Waals surface area contributed by atoms with E-state index in [0.717, 1.165) is 45.1 Å². The van der Waals surface area contributed by atoms with Crippen LogP contribution in [0.5, 0.6) is 0 Å². The zero-order chi connectivity index (χ0) is 36.3. The molecule has 0 aromatic heterocycles. The molecule has 0 aromatic carbocycles. The van der Waals surface area contributed by atoms with E-state index in [1.165, 1.54) is 173 Å². The molecule has 0 saturated heterocycles. The van der Waals surface area contributed by atoms with Crippen molar-refractivity contribution in [1.82, 2.24) is 10.6 Å². The molecule has 0 rings (SSSR count). The van der Waals surface area contributed by atoms with Crippen LogP contribution in [0.4, 0.5) is 4.79 Å². The Morgan fingerprint density at radius 2 is 0.640 bits per heavy atom. The highest BCUT2D eigenvalue weighted by molar-refractivity contribution is 5.78.